The van der Waals surface area contributed by atoms with Gasteiger partial charge in [0.2, 0.25) is 6.43 Å². The quantitative estimate of drug-likeness (QED) is 0.851. The second-order valence-corrected chi connectivity index (χ2v) is 4.81. The summed E-state index contributed by atoms with van der Waals surface area (Å²) < 4.78 is 24.6. The van der Waals surface area contributed by atoms with E-state index in [1.165, 1.54) is 18.4 Å². The molecule has 0 spiro atoms. The Labute approximate surface area is 101 Å². The highest BCUT2D eigenvalue weighted by Gasteiger charge is 2.13. The number of hydrogen-bond acceptors (Lipinski definition) is 1. The van der Waals surface area contributed by atoms with Gasteiger partial charge in [-0.1, -0.05) is 24.3 Å². The molecule has 1 aliphatic rings. The molecule has 0 unspecified atom stereocenters. The van der Waals surface area contributed by atoms with Gasteiger partial charge in [-0.15, -0.1) is 0 Å². The summed E-state index contributed by atoms with van der Waals surface area (Å²) >= 11 is 0. The maximum absolute atomic E-state index is 12.3. The van der Waals surface area contributed by atoms with Crippen LogP contribution in [0, 0.1) is 5.92 Å². The summed E-state index contributed by atoms with van der Waals surface area (Å²) in [4.78, 5) is 0. The Morgan fingerprint density at radius 3 is 2.59 bits per heavy atom. The van der Waals surface area contributed by atoms with Crippen molar-refractivity contribution in [1.82, 2.24) is 5.32 Å². The van der Waals surface area contributed by atoms with E-state index in [1.807, 2.05) is 12.1 Å². The predicted octanol–water partition coefficient (Wildman–Crippen LogP) is 3.04. The fourth-order valence-electron chi connectivity index (χ4n) is 2.48. The predicted molar refractivity (Wildman–Crippen MR) is 65.4 cm³/mol. The lowest BCUT2D eigenvalue weighted by Gasteiger charge is -2.22. The third kappa shape index (κ3) is 4.08. The average Bonchev–Trinajstić information content (AvgIpc) is 2.30. The molecule has 1 fully saturated rings. The van der Waals surface area contributed by atoms with Gasteiger partial charge in [-0.25, -0.2) is 8.78 Å². The molecule has 2 rings (SSSR count). The molecule has 0 amide bonds. The number of nitrogens with one attached hydrogen (secondary N) is 1. The van der Waals surface area contributed by atoms with Crippen LogP contribution in [0.15, 0.2) is 24.3 Å². The van der Waals surface area contributed by atoms with Gasteiger partial charge in [-0.2, -0.15) is 0 Å². The monoisotopic (exact) mass is 239 g/mol. The van der Waals surface area contributed by atoms with Crippen LogP contribution in [0.3, 0.4) is 0 Å². The van der Waals surface area contributed by atoms with Crippen LogP contribution in [0.1, 0.15) is 24.0 Å². The zero-order chi connectivity index (χ0) is 12.1. The number of benzene rings is 1. The van der Waals surface area contributed by atoms with Crippen molar-refractivity contribution in [3.63, 3.8) is 0 Å². The minimum atomic E-state index is -2.25. The van der Waals surface area contributed by atoms with Gasteiger partial charge in [-0.05, 0) is 49.4 Å². The zero-order valence-electron chi connectivity index (χ0n) is 9.96. The summed E-state index contributed by atoms with van der Waals surface area (Å²) in [5.41, 5.74) is 1.96. The van der Waals surface area contributed by atoms with Gasteiger partial charge in [0.1, 0.15) is 0 Å². The van der Waals surface area contributed by atoms with Crippen LogP contribution >= 0.6 is 0 Å². The topological polar surface area (TPSA) is 12.0 Å². The number of alkyl halides is 2. The lowest BCUT2D eigenvalue weighted by atomic mass is 9.90. The summed E-state index contributed by atoms with van der Waals surface area (Å²) in [6.45, 7) is 2.17. The Morgan fingerprint density at radius 2 is 1.88 bits per heavy atom. The second kappa shape index (κ2) is 6.10. The van der Waals surface area contributed by atoms with Crippen molar-refractivity contribution in [2.75, 3.05) is 13.1 Å². The van der Waals surface area contributed by atoms with Crippen molar-refractivity contribution < 1.29 is 8.78 Å². The molecule has 1 N–H and O–H groups in total. The molecule has 0 saturated carbocycles. The van der Waals surface area contributed by atoms with Crippen molar-refractivity contribution in [3.05, 3.63) is 35.4 Å². The maximum atomic E-state index is 12.3. The van der Waals surface area contributed by atoms with Gasteiger partial charge in [0, 0.05) is 6.42 Å². The number of rotatable bonds is 4. The first-order chi connectivity index (χ1) is 8.24. The van der Waals surface area contributed by atoms with Crippen molar-refractivity contribution in [3.8, 4) is 0 Å². The molecular formula is C14H19F2N. The largest absolute Gasteiger partial charge is 0.317 e. The van der Waals surface area contributed by atoms with Crippen LogP contribution < -0.4 is 5.32 Å². The van der Waals surface area contributed by atoms with E-state index in [-0.39, 0.29) is 6.42 Å². The van der Waals surface area contributed by atoms with Crippen LogP contribution in [-0.4, -0.2) is 19.5 Å². The fourth-order valence-corrected chi connectivity index (χ4v) is 2.48. The highest BCUT2D eigenvalue weighted by atomic mass is 19.3. The lowest BCUT2D eigenvalue weighted by Crippen LogP contribution is -2.28. The molecule has 0 radical (unpaired) electrons. The Balaban J connectivity index is 1.95. The van der Waals surface area contributed by atoms with E-state index in [9.17, 15) is 8.78 Å². The Kier molecular flexibility index (Phi) is 4.49. The van der Waals surface area contributed by atoms with E-state index in [0.717, 1.165) is 25.1 Å². The van der Waals surface area contributed by atoms with Gasteiger partial charge in [0.25, 0.3) is 0 Å². The molecule has 17 heavy (non-hydrogen) atoms. The molecule has 1 aliphatic heterocycles. The minimum Gasteiger partial charge on any atom is -0.317 e. The summed E-state index contributed by atoms with van der Waals surface area (Å²) in [6.07, 6.45) is 1.04. The average molecular weight is 239 g/mol. The molecule has 0 atom stereocenters. The molecule has 1 heterocycles. The molecule has 1 aromatic carbocycles. The normalized spacial score (nSPS) is 17.6. The van der Waals surface area contributed by atoms with E-state index < -0.39 is 6.43 Å². The van der Waals surface area contributed by atoms with Crippen molar-refractivity contribution >= 4 is 0 Å². The summed E-state index contributed by atoms with van der Waals surface area (Å²) in [5, 5.41) is 3.34. The van der Waals surface area contributed by atoms with Gasteiger partial charge in [-0.3, -0.25) is 0 Å². The molecule has 0 aromatic heterocycles. The van der Waals surface area contributed by atoms with Crippen LogP contribution in [0.2, 0.25) is 0 Å². The maximum Gasteiger partial charge on any atom is 0.242 e. The molecule has 0 bridgehead atoms. The fraction of sp³-hybridized carbons (Fsp3) is 0.571. The summed E-state index contributed by atoms with van der Waals surface area (Å²) in [7, 11) is 0. The van der Waals surface area contributed by atoms with Crippen LogP contribution in [0.4, 0.5) is 8.78 Å². The molecule has 1 saturated heterocycles. The van der Waals surface area contributed by atoms with Crippen molar-refractivity contribution in [2.24, 2.45) is 5.92 Å². The zero-order valence-corrected chi connectivity index (χ0v) is 9.96. The summed E-state index contributed by atoms with van der Waals surface area (Å²) in [5.74, 6) is 0.707. The molecule has 3 heteroatoms. The highest BCUT2D eigenvalue weighted by molar-refractivity contribution is 5.24. The lowest BCUT2D eigenvalue weighted by molar-refractivity contribution is 0.149. The van der Waals surface area contributed by atoms with E-state index in [1.54, 1.807) is 6.07 Å². The summed E-state index contributed by atoms with van der Waals surface area (Å²) in [6, 6.07) is 7.68. The molecule has 0 aliphatic carbocycles. The second-order valence-electron chi connectivity index (χ2n) is 4.81. The first-order valence-corrected chi connectivity index (χ1v) is 6.31. The molecular weight excluding hydrogens is 220 g/mol. The van der Waals surface area contributed by atoms with Crippen LogP contribution in [-0.2, 0) is 12.8 Å². The van der Waals surface area contributed by atoms with Crippen LogP contribution in [0.25, 0.3) is 0 Å². The van der Waals surface area contributed by atoms with Crippen molar-refractivity contribution in [1.29, 1.82) is 0 Å². The third-order valence-electron chi connectivity index (χ3n) is 3.36. The van der Waals surface area contributed by atoms with E-state index >= 15 is 0 Å². The molecule has 1 aromatic rings. The first kappa shape index (κ1) is 12.5. The minimum absolute atomic E-state index is 0.125. The standard InChI is InChI=1S/C14H19F2N/c15-14(16)10-13-3-1-2-12(9-13)8-11-4-6-17-7-5-11/h1-3,9,11,14,17H,4-8,10H2. The number of hydrogen-bond donors (Lipinski definition) is 1. The number of halogens is 2. The van der Waals surface area contributed by atoms with Gasteiger partial charge in [0.05, 0.1) is 0 Å². The molecule has 1 nitrogen and oxygen atoms in total. The Bertz CT molecular complexity index is 346. The van der Waals surface area contributed by atoms with E-state index in [4.69, 9.17) is 0 Å². The Morgan fingerprint density at radius 1 is 1.18 bits per heavy atom. The number of piperidine rings is 1. The highest BCUT2D eigenvalue weighted by Crippen LogP contribution is 2.19. The van der Waals surface area contributed by atoms with Gasteiger partial charge < -0.3 is 5.32 Å². The molecule has 94 valence electrons. The first-order valence-electron chi connectivity index (χ1n) is 6.31. The Hall–Kier alpha value is -0.960. The third-order valence-corrected chi connectivity index (χ3v) is 3.36. The SMILES string of the molecule is FC(F)Cc1cccc(CC2CCNCC2)c1. The van der Waals surface area contributed by atoms with Gasteiger partial charge in [0.15, 0.2) is 0 Å². The van der Waals surface area contributed by atoms with E-state index in [2.05, 4.69) is 11.4 Å². The smallest absolute Gasteiger partial charge is 0.242 e. The van der Waals surface area contributed by atoms with Crippen LogP contribution in [0.5, 0.6) is 0 Å². The van der Waals surface area contributed by atoms with E-state index in [0.29, 0.717) is 5.92 Å². The van der Waals surface area contributed by atoms with Crippen molar-refractivity contribution in [2.45, 2.75) is 32.1 Å². The van der Waals surface area contributed by atoms with Gasteiger partial charge >= 0.3 is 0 Å².